The van der Waals surface area contributed by atoms with E-state index in [2.05, 4.69) is 5.32 Å². The van der Waals surface area contributed by atoms with Gasteiger partial charge in [-0.25, -0.2) is 8.42 Å². The Bertz CT molecular complexity index is 1570. The molecule has 0 aliphatic rings. The lowest BCUT2D eigenvalue weighted by molar-refractivity contribution is -0.384. The molecule has 4 aromatic rings. The molecule has 0 heterocycles. The minimum absolute atomic E-state index is 0.0268. The van der Waals surface area contributed by atoms with Gasteiger partial charge in [-0.05, 0) is 54.4 Å². The van der Waals surface area contributed by atoms with E-state index in [1.807, 2.05) is 6.07 Å². The highest BCUT2D eigenvalue weighted by Gasteiger charge is 2.29. The number of anilines is 2. The maximum Gasteiger partial charge on any atom is 0.271 e. The molecule has 0 bridgehead atoms. The van der Waals surface area contributed by atoms with E-state index in [0.717, 1.165) is 0 Å². The van der Waals surface area contributed by atoms with Gasteiger partial charge in [0.1, 0.15) is 5.75 Å². The van der Waals surface area contributed by atoms with E-state index in [1.165, 1.54) is 47.8 Å². The van der Waals surface area contributed by atoms with Crippen molar-refractivity contribution >= 4 is 33.0 Å². The molecule has 0 aliphatic heterocycles. The zero-order valence-electron chi connectivity index (χ0n) is 20.7. The third-order valence-corrected chi connectivity index (χ3v) is 7.69. The number of carbonyl (C=O) groups excluding carboxylic acids is 1. The van der Waals surface area contributed by atoms with Gasteiger partial charge in [-0.15, -0.1) is 0 Å². The molecular formula is C28H25N3O6S. The fourth-order valence-electron chi connectivity index (χ4n) is 3.85. The zero-order chi connectivity index (χ0) is 27.3. The lowest BCUT2D eigenvalue weighted by Gasteiger charge is -2.27. The number of sulfonamides is 1. The van der Waals surface area contributed by atoms with Gasteiger partial charge in [0.2, 0.25) is 0 Å². The number of methoxy groups -OCH3 is 1. The Morgan fingerprint density at radius 1 is 0.947 bits per heavy atom. The third-order valence-electron chi connectivity index (χ3n) is 5.91. The number of hydrogen-bond acceptors (Lipinski definition) is 6. The summed E-state index contributed by atoms with van der Waals surface area (Å²) in [6.45, 7) is 1.68. The molecule has 10 heteroatoms. The van der Waals surface area contributed by atoms with Crippen LogP contribution in [0.3, 0.4) is 0 Å². The molecule has 4 rings (SSSR count). The van der Waals surface area contributed by atoms with Crippen LogP contribution in [0.1, 0.15) is 21.5 Å². The number of nitro benzene ring substituents is 1. The summed E-state index contributed by atoms with van der Waals surface area (Å²) in [6.07, 6.45) is 0. The highest BCUT2D eigenvalue weighted by molar-refractivity contribution is 7.92. The Kier molecular flexibility index (Phi) is 7.73. The predicted octanol–water partition coefficient (Wildman–Crippen LogP) is 5.56. The number of para-hydroxylation sites is 1. The molecule has 0 fully saturated rings. The molecule has 0 unspecified atom stereocenters. The van der Waals surface area contributed by atoms with Gasteiger partial charge in [0.05, 0.1) is 40.4 Å². The summed E-state index contributed by atoms with van der Waals surface area (Å²) in [5.41, 5.74) is 1.67. The summed E-state index contributed by atoms with van der Waals surface area (Å²) in [5.74, 6) is -0.0992. The Balaban J connectivity index is 1.79. The molecular weight excluding hydrogens is 506 g/mol. The number of aryl methyl sites for hydroxylation is 1. The molecule has 0 saturated carbocycles. The van der Waals surface area contributed by atoms with E-state index in [4.69, 9.17) is 4.74 Å². The number of carbonyl (C=O) groups is 1. The molecule has 0 atom stereocenters. The zero-order valence-corrected chi connectivity index (χ0v) is 21.5. The van der Waals surface area contributed by atoms with Crippen molar-refractivity contribution in [2.45, 2.75) is 18.4 Å². The molecule has 0 aliphatic carbocycles. The van der Waals surface area contributed by atoms with Crippen LogP contribution in [0.2, 0.25) is 0 Å². The third kappa shape index (κ3) is 5.65. The fourth-order valence-corrected chi connectivity index (χ4v) is 5.33. The largest absolute Gasteiger partial charge is 0.497 e. The van der Waals surface area contributed by atoms with Crippen LogP contribution < -0.4 is 14.4 Å². The number of benzene rings is 4. The Labute approximate surface area is 220 Å². The summed E-state index contributed by atoms with van der Waals surface area (Å²) < 4.78 is 34.2. The van der Waals surface area contributed by atoms with Crippen molar-refractivity contribution in [3.63, 3.8) is 0 Å². The van der Waals surface area contributed by atoms with Crippen molar-refractivity contribution < 1.29 is 22.9 Å². The molecule has 38 heavy (non-hydrogen) atoms. The van der Waals surface area contributed by atoms with E-state index < -0.39 is 20.9 Å². The first-order valence-corrected chi connectivity index (χ1v) is 13.0. The van der Waals surface area contributed by atoms with Gasteiger partial charge >= 0.3 is 0 Å². The van der Waals surface area contributed by atoms with Crippen LogP contribution in [0.4, 0.5) is 17.1 Å². The summed E-state index contributed by atoms with van der Waals surface area (Å²) in [6, 6.07) is 25.5. The summed E-state index contributed by atoms with van der Waals surface area (Å²) in [5, 5.41) is 13.9. The molecule has 4 aromatic carbocycles. The number of rotatable bonds is 9. The minimum Gasteiger partial charge on any atom is -0.497 e. The first-order chi connectivity index (χ1) is 18.2. The highest BCUT2D eigenvalue weighted by atomic mass is 32.2. The summed E-state index contributed by atoms with van der Waals surface area (Å²) in [4.78, 5) is 24.2. The lowest BCUT2D eigenvalue weighted by Crippen LogP contribution is -2.32. The summed E-state index contributed by atoms with van der Waals surface area (Å²) in [7, 11) is -2.63. The van der Waals surface area contributed by atoms with Crippen molar-refractivity contribution in [1.82, 2.24) is 0 Å². The van der Waals surface area contributed by atoms with E-state index in [1.54, 1.807) is 61.5 Å². The van der Waals surface area contributed by atoms with Gasteiger partial charge in [-0.2, -0.15) is 0 Å². The lowest BCUT2D eigenvalue weighted by atomic mass is 10.1. The van der Waals surface area contributed by atoms with E-state index in [0.29, 0.717) is 16.9 Å². The molecule has 194 valence electrons. The van der Waals surface area contributed by atoms with Gasteiger partial charge in [-0.3, -0.25) is 19.2 Å². The molecule has 1 N–H and O–H groups in total. The minimum atomic E-state index is -4.12. The first-order valence-electron chi connectivity index (χ1n) is 11.6. The van der Waals surface area contributed by atoms with Crippen LogP contribution >= 0.6 is 0 Å². The standard InChI is InChI=1S/C28H25N3O6S/c1-20-12-13-22(31(33)34)18-26(20)29-28(32)25-10-6-7-11-27(25)30(19-21-8-4-3-5-9-21)38(35,36)24-16-14-23(37-2)15-17-24/h3-18H,19H2,1-2H3,(H,29,32). The average Bonchev–Trinajstić information content (AvgIpc) is 2.93. The van der Waals surface area contributed by atoms with E-state index in [9.17, 15) is 23.3 Å². The molecule has 0 aromatic heterocycles. The number of ether oxygens (including phenoxy) is 1. The maximum atomic E-state index is 13.9. The highest BCUT2D eigenvalue weighted by Crippen LogP contribution is 2.31. The number of nitro groups is 1. The van der Waals surface area contributed by atoms with Crippen molar-refractivity contribution in [2.24, 2.45) is 0 Å². The van der Waals surface area contributed by atoms with Gasteiger partial charge in [0.25, 0.3) is 21.6 Å². The Hall–Kier alpha value is -4.70. The molecule has 0 spiro atoms. The normalized spacial score (nSPS) is 11.0. The second-order valence-corrected chi connectivity index (χ2v) is 10.3. The average molecular weight is 532 g/mol. The molecule has 0 saturated heterocycles. The maximum absolute atomic E-state index is 13.9. The molecule has 1 amide bonds. The SMILES string of the molecule is COc1ccc(S(=O)(=O)N(Cc2ccccc2)c2ccccc2C(=O)Nc2cc([N+](=O)[O-])ccc2C)cc1. The second kappa shape index (κ2) is 11.1. The van der Waals surface area contributed by atoms with Crippen LogP contribution in [0.15, 0.2) is 102 Å². The molecule has 9 nitrogen and oxygen atoms in total. The number of hydrogen-bond donors (Lipinski definition) is 1. The van der Waals surface area contributed by atoms with Crippen molar-refractivity contribution in [3.8, 4) is 5.75 Å². The number of non-ortho nitro benzene ring substituents is 1. The predicted molar refractivity (Wildman–Crippen MR) is 145 cm³/mol. The van der Waals surface area contributed by atoms with Crippen LogP contribution in [-0.4, -0.2) is 26.4 Å². The van der Waals surface area contributed by atoms with E-state index >= 15 is 0 Å². The fraction of sp³-hybridized carbons (Fsp3) is 0.107. The van der Waals surface area contributed by atoms with Gasteiger partial charge in [-0.1, -0.05) is 48.5 Å². The topological polar surface area (TPSA) is 119 Å². The molecule has 0 radical (unpaired) electrons. The number of nitrogens with one attached hydrogen (secondary N) is 1. The van der Waals surface area contributed by atoms with Gasteiger partial charge in [0, 0.05) is 12.1 Å². The van der Waals surface area contributed by atoms with Crippen molar-refractivity contribution in [3.05, 3.63) is 124 Å². The van der Waals surface area contributed by atoms with Gasteiger partial charge in [0.15, 0.2) is 0 Å². The quantitative estimate of drug-likeness (QED) is 0.223. The van der Waals surface area contributed by atoms with Crippen LogP contribution in [-0.2, 0) is 16.6 Å². The second-order valence-electron chi connectivity index (χ2n) is 8.40. The van der Waals surface area contributed by atoms with E-state index in [-0.39, 0.29) is 34.1 Å². The number of nitrogens with zero attached hydrogens (tertiary/aromatic N) is 2. The smallest absolute Gasteiger partial charge is 0.271 e. The van der Waals surface area contributed by atoms with Gasteiger partial charge < -0.3 is 10.1 Å². The first kappa shape index (κ1) is 26.4. The van der Waals surface area contributed by atoms with Crippen molar-refractivity contribution in [1.29, 1.82) is 0 Å². The van der Waals surface area contributed by atoms with Crippen LogP contribution in [0, 0.1) is 17.0 Å². The Morgan fingerprint density at radius 2 is 1.61 bits per heavy atom. The Morgan fingerprint density at radius 3 is 2.26 bits per heavy atom. The van der Waals surface area contributed by atoms with Crippen molar-refractivity contribution in [2.75, 3.05) is 16.7 Å². The monoisotopic (exact) mass is 531 g/mol. The van der Waals surface area contributed by atoms with Crippen LogP contribution in [0.25, 0.3) is 0 Å². The van der Waals surface area contributed by atoms with Crippen LogP contribution in [0.5, 0.6) is 5.75 Å². The summed E-state index contributed by atoms with van der Waals surface area (Å²) >= 11 is 0. The number of amides is 1.